The van der Waals surface area contributed by atoms with Crippen LogP contribution in [0.15, 0.2) is 24.3 Å². The van der Waals surface area contributed by atoms with E-state index < -0.39 is 24.1 Å². The molecule has 1 aromatic carbocycles. The van der Waals surface area contributed by atoms with Crippen LogP contribution in [0, 0.1) is 0 Å². The van der Waals surface area contributed by atoms with Crippen LogP contribution in [-0.4, -0.2) is 52.4 Å². The Morgan fingerprint density at radius 1 is 1.29 bits per heavy atom. The van der Waals surface area contributed by atoms with Crippen molar-refractivity contribution >= 4 is 29.4 Å². The molecule has 0 bridgehead atoms. The Balaban J connectivity index is 1.95. The number of para-hydroxylation sites is 1. The number of benzene rings is 1. The largest absolute Gasteiger partial charge is 0.480 e. The van der Waals surface area contributed by atoms with Gasteiger partial charge in [-0.3, -0.25) is 24.1 Å². The van der Waals surface area contributed by atoms with Crippen molar-refractivity contribution in [2.24, 2.45) is 0 Å². The summed E-state index contributed by atoms with van der Waals surface area (Å²) < 4.78 is 0. The molecule has 0 saturated carbocycles. The minimum Gasteiger partial charge on any atom is -0.480 e. The summed E-state index contributed by atoms with van der Waals surface area (Å²) in [5, 5.41) is 10.9. The Morgan fingerprint density at radius 3 is 2.71 bits per heavy atom. The van der Waals surface area contributed by atoms with Gasteiger partial charge in [0.25, 0.3) is 5.91 Å². The number of fused-ring (bicyclic) bond motifs is 3. The fourth-order valence-corrected chi connectivity index (χ4v) is 3.31. The molecule has 8 heteroatoms. The number of hydrogen-bond donors (Lipinski definition) is 2. The number of nitrogens with one attached hydrogen (secondary N) is 1. The molecule has 2 aliphatic heterocycles. The molecule has 1 unspecified atom stereocenters. The molecule has 1 fully saturated rings. The number of hydrogen-bond acceptors (Lipinski definition) is 4. The zero-order valence-corrected chi connectivity index (χ0v) is 13.1. The number of nitrogens with zero attached hydrogens (tertiary/aromatic N) is 2. The van der Waals surface area contributed by atoms with Crippen LogP contribution in [0.2, 0.25) is 0 Å². The fraction of sp³-hybridized carbons (Fsp3) is 0.375. The maximum absolute atomic E-state index is 12.8. The van der Waals surface area contributed by atoms with Gasteiger partial charge in [0.2, 0.25) is 11.8 Å². The van der Waals surface area contributed by atoms with Crippen molar-refractivity contribution in [2.75, 3.05) is 18.0 Å². The molecular weight excluding hydrogens is 314 g/mol. The number of aliphatic carboxylic acids is 1. The zero-order valence-electron chi connectivity index (χ0n) is 13.1. The van der Waals surface area contributed by atoms with E-state index in [4.69, 9.17) is 5.11 Å². The Morgan fingerprint density at radius 2 is 2.00 bits per heavy atom. The summed E-state index contributed by atoms with van der Waals surface area (Å²) in [5.41, 5.74) is -0.0192. The van der Waals surface area contributed by atoms with Crippen molar-refractivity contribution in [2.45, 2.75) is 25.4 Å². The Bertz CT molecular complexity index is 747. The SMILES string of the molecule is CC12CCC(=O)N1c1ccccc1C(=O)N2CC(=O)NCC(=O)O. The molecule has 2 heterocycles. The van der Waals surface area contributed by atoms with E-state index in [0.29, 0.717) is 17.7 Å². The smallest absolute Gasteiger partial charge is 0.322 e. The molecular formula is C16H17N3O5. The molecule has 0 aliphatic carbocycles. The van der Waals surface area contributed by atoms with Crippen LogP contribution in [0.4, 0.5) is 5.69 Å². The van der Waals surface area contributed by atoms with E-state index >= 15 is 0 Å². The molecule has 1 saturated heterocycles. The third-order valence-electron chi connectivity index (χ3n) is 4.48. The number of carboxylic acids is 1. The highest BCUT2D eigenvalue weighted by molar-refractivity contribution is 6.11. The predicted molar refractivity (Wildman–Crippen MR) is 83.2 cm³/mol. The van der Waals surface area contributed by atoms with Gasteiger partial charge in [-0.1, -0.05) is 12.1 Å². The molecule has 126 valence electrons. The van der Waals surface area contributed by atoms with Crippen LogP contribution in [0.25, 0.3) is 0 Å². The van der Waals surface area contributed by atoms with Crippen molar-refractivity contribution in [3.63, 3.8) is 0 Å². The minimum absolute atomic E-state index is 0.103. The summed E-state index contributed by atoms with van der Waals surface area (Å²) in [5.74, 6) is -2.19. The predicted octanol–water partition coefficient (Wildman–Crippen LogP) is 0.186. The molecule has 1 aromatic rings. The van der Waals surface area contributed by atoms with Gasteiger partial charge in [0.05, 0.1) is 11.3 Å². The van der Waals surface area contributed by atoms with Crippen LogP contribution < -0.4 is 10.2 Å². The first-order valence-corrected chi connectivity index (χ1v) is 7.57. The van der Waals surface area contributed by atoms with Gasteiger partial charge in [0.15, 0.2) is 0 Å². The molecule has 1 atom stereocenters. The van der Waals surface area contributed by atoms with Crippen LogP contribution in [0.5, 0.6) is 0 Å². The van der Waals surface area contributed by atoms with Crippen LogP contribution in [-0.2, 0) is 14.4 Å². The number of carbonyl (C=O) groups is 4. The average molecular weight is 331 g/mol. The molecule has 3 rings (SSSR count). The quantitative estimate of drug-likeness (QED) is 0.819. The molecule has 0 spiro atoms. The summed E-state index contributed by atoms with van der Waals surface area (Å²) >= 11 is 0. The van der Waals surface area contributed by atoms with Gasteiger partial charge in [-0.05, 0) is 25.5 Å². The Hall–Kier alpha value is -2.90. The standard InChI is InChI=1S/C16H17N3O5/c1-16-7-6-13(21)19(16)11-5-3-2-4-10(11)15(24)18(16)9-12(20)17-8-14(22)23/h2-5H,6-9H2,1H3,(H,17,20)(H,22,23). The van der Waals surface area contributed by atoms with E-state index in [0.717, 1.165) is 0 Å². The van der Waals surface area contributed by atoms with Gasteiger partial charge in [0.1, 0.15) is 18.8 Å². The highest BCUT2D eigenvalue weighted by atomic mass is 16.4. The number of rotatable bonds is 4. The number of anilines is 1. The first-order valence-electron chi connectivity index (χ1n) is 7.57. The monoisotopic (exact) mass is 331 g/mol. The van der Waals surface area contributed by atoms with Crippen molar-refractivity contribution in [3.05, 3.63) is 29.8 Å². The molecule has 24 heavy (non-hydrogen) atoms. The van der Waals surface area contributed by atoms with Crippen molar-refractivity contribution in [1.29, 1.82) is 0 Å². The van der Waals surface area contributed by atoms with Crippen molar-refractivity contribution in [1.82, 2.24) is 10.2 Å². The molecule has 0 radical (unpaired) electrons. The highest BCUT2D eigenvalue weighted by Gasteiger charge is 2.53. The number of carboxylic acid groups (broad SMARTS) is 1. The third-order valence-corrected chi connectivity index (χ3v) is 4.48. The highest BCUT2D eigenvalue weighted by Crippen LogP contribution is 2.43. The maximum Gasteiger partial charge on any atom is 0.322 e. The molecule has 0 aromatic heterocycles. The minimum atomic E-state index is -1.16. The normalized spacial score (nSPS) is 22.2. The second kappa shape index (κ2) is 5.63. The van der Waals surface area contributed by atoms with E-state index in [-0.39, 0.29) is 24.8 Å². The van der Waals surface area contributed by atoms with E-state index in [1.54, 1.807) is 36.1 Å². The number of amides is 3. The second-order valence-electron chi connectivity index (χ2n) is 6.03. The summed E-state index contributed by atoms with van der Waals surface area (Å²) in [6, 6.07) is 6.79. The topological polar surface area (TPSA) is 107 Å². The Labute approximate surface area is 138 Å². The van der Waals surface area contributed by atoms with Crippen LogP contribution in [0.1, 0.15) is 30.1 Å². The number of carbonyl (C=O) groups excluding carboxylic acids is 3. The summed E-state index contributed by atoms with van der Waals surface area (Å²) in [7, 11) is 0. The van der Waals surface area contributed by atoms with Crippen LogP contribution in [0.3, 0.4) is 0 Å². The van der Waals surface area contributed by atoms with Gasteiger partial charge < -0.3 is 15.3 Å². The van der Waals surface area contributed by atoms with Gasteiger partial charge in [-0.2, -0.15) is 0 Å². The lowest BCUT2D eigenvalue weighted by Crippen LogP contribution is -2.64. The Kier molecular flexibility index (Phi) is 3.75. The maximum atomic E-state index is 12.8. The molecule has 2 N–H and O–H groups in total. The van der Waals surface area contributed by atoms with E-state index in [1.807, 2.05) is 0 Å². The lowest BCUT2D eigenvalue weighted by atomic mass is 9.98. The third kappa shape index (κ3) is 2.40. The van der Waals surface area contributed by atoms with Crippen molar-refractivity contribution < 1.29 is 24.3 Å². The summed E-state index contributed by atoms with van der Waals surface area (Å²) in [6.45, 7) is 0.924. The van der Waals surface area contributed by atoms with Crippen LogP contribution >= 0.6 is 0 Å². The lowest BCUT2D eigenvalue weighted by Gasteiger charge is -2.48. The molecule has 3 amide bonds. The van der Waals surface area contributed by atoms with Crippen molar-refractivity contribution in [3.8, 4) is 0 Å². The second-order valence-corrected chi connectivity index (χ2v) is 6.03. The molecule has 2 aliphatic rings. The van der Waals surface area contributed by atoms with E-state index in [1.165, 1.54) is 4.90 Å². The first kappa shape index (κ1) is 16.0. The van der Waals surface area contributed by atoms with Gasteiger partial charge >= 0.3 is 5.97 Å². The van der Waals surface area contributed by atoms with Gasteiger partial charge in [-0.15, -0.1) is 0 Å². The summed E-state index contributed by atoms with van der Waals surface area (Å²) in [4.78, 5) is 50.7. The van der Waals surface area contributed by atoms with Gasteiger partial charge in [0, 0.05) is 6.42 Å². The lowest BCUT2D eigenvalue weighted by molar-refractivity contribution is -0.138. The average Bonchev–Trinajstić information content (AvgIpc) is 2.86. The first-order chi connectivity index (χ1) is 11.3. The van der Waals surface area contributed by atoms with Gasteiger partial charge in [-0.25, -0.2) is 0 Å². The van der Waals surface area contributed by atoms with E-state index in [2.05, 4.69) is 5.32 Å². The van der Waals surface area contributed by atoms with E-state index in [9.17, 15) is 19.2 Å². The zero-order chi connectivity index (χ0) is 17.5. The fourth-order valence-electron chi connectivity index (χ4n) is 3.31. The molecule has 8 nitrogen and oxygen atoms in total. The summed E-state index contributed by atoms with van der Waals surface area (Å²) in [6.07, 6.45) is 0.698.